The number of amides is 2. The number of nitrogens with one attached hydrogen (secondary N) is 2. The van der Waals surface area contributed by atoms with Gasteiger partial charge in [-0.1, -0.05) is 0 Å². The van der Waals surface area contributed by atoms with Gasteiger partial charge in [-0.3, -0.25) is 0 Å². The Bertz CT molecular complexity index is 1240. The van der Waals surface area contributed by atoms with Gasteiger partial charge in [0.15, 0.2) is 15.7 Å². The first-order chi connectivity index (χ1) is 17.3. The highest BCUT2D eigenvalue weighted by atomic mass is 32.2. The molecule has 12 heteroatoms. The zero-order chi connectivity index (χ0) is 25.8. The zero-order valence-corrected chi connectivity index (χ0v) is 20.9. The average Bonchev–Trinajstić information content (AvgIpc) is 3.68. The summed E-state index contributed by atoms with van der Waals surface area (Å²) < 4.78 is 30.5. The fourth-order valence-corrected chi connectivity index (χ4v) is 6.06. The van der Waals surface area contributed by atoms with Gasteiger partial charge in [0.05, 0.1) is 49.8 Å². The molecule has 0 unspecified atom stereocenters. The molecule has 1 aliphatic heterocycles. The van der Waals surface area contributed by atoms with Gasteiger partial charge < -0.3 is 25.4 Å². The third kappa shape index (κ3) is 5.43. The number of rotatable bonds is 9. The summed E-state index contributed by atoms with van der Waals surface area (Å²) in [5.74, 6) is 0.707. The van der Waals surface area contributed by atoms with Crippen molar-refractivity contribution in [2.75, 3.05) is 48.9 Å². The van der Waals surface area contributed by atoms with Crippen molar-refractivity contribution in [3.05, 3.63) is 36.0 Å². The molecule has 2 amide bonds. The molecule has 0 spiro atoms. The van der Waals surface area contributed by atoms with E-state index in [9.17, 15) is 18.3 Å². The van der Waals surface area contributed by atoms with Crippen molar-refractivity contribution in [3.63, 3.8) is 0 Å². The molecule has 36 heavy (non-hydrogen) atoms. The Morgan fingerprint density at radius 1 is 1.31 bits per heavy atom. The van der Waals surface area contributed by atoms with Crippen molar-refractivity contribution >= 4 is 27.4 Å². The number of aromatic nitrogens is 2. The maximum absolute atomic E-state index is 13.0. The molecule has 0 radical (unpaired) electrons. The van der Waals surface area contributed by atoms with Crippen LogP contribution in [0.2, 0.25) is 0 Å². The molecule has 2 heterocycles. The van der Waals surface area contributed by atoms with Gasteiger partial charge in [-0.05, 0) is 44.0 Å². The van der Waals surface area contributed by atoms with Crippen LogP contribution >= 0.6 is 0 Å². The van der Waals surface area contributed by atoms with E-state index >= 15 is 0 Å². The molecule has 1 aliphatic carbocycles. The second-order valence-corrected chi connectivity index (χ2v) is 11.4. The van der Waals surface area contributed by atoms with Crippen LogP contribution in [0.25, 0.3) is 11.4 Å². The van der Waals surface area contributed by atoms with Crippen LogP contribution in [0.1, 0.15) is 31.9 Å². The minimum Gasteiger partial charge on any atom is -0.395 e. The zero-order valence-electron chi connectivity index (χ0n) is 20.1. The standard InChI is InChI=1S/C24H30N6O5S/c1-17-16-35-13-11-30(17)21-15-20(24(7-8-24)36(33,34)14-12-31)28-22(29-21)18-3-5-19(6-4-18)27-23(32)26-10-2-9-25/h3-6,15,17,31H,2,7-8,10-14,16H2,1H3,(H2,26,27,32)/t17-/m0/s1. The molecule has 4 rings (SSSR count). The predicted molar refractivity (Wildman–Crippen MR) is 134 cm³/mol. The predicted octanol–water partition coefficient (Wildman–Crippen LogP) is 1.80. The number of nitrogens with zero attached hydrogens (tertiary/aromatic N) is 4. The van der Waals surface area contributed by atoms with Crippen molar-refractivity contribution in [3.8, 4) is 17.5 Å². The van der Waals surface area contributed by atoms with Gasteiger partial charge in [0, 0.05) is 30.4 Å². The van der Waals surface area contributed by atoms with Gasteiger partial charge in [-0.25, -0.2) is 23.2 Å². The van der Waals surface area contributed by atoms with E-state index in [2.05, 4.69) is 20.5 Å². The highest BCUT2D eigenvalue weighted by molar-refractivity contribution is 7.92. The molecule has 2 aliphatic rings. The summed E-state index contributed by atoms with van der Waals surface area (Å²) in [5.41, 5.74) is 1.66. The van der Waals surface area contributed by atoms with Crippen molar-refractivity contribution in [2.24, 2.45) is 0 Å². The van der Waals surface area contributed by atoms with E-state index in [1.165, 1.54) is 0 Å². The molecule has 2 aromatic rings. The van der Waals surface area contributed by atoms with Crippen LogP contribution in [0.5, 0.6) is 0 Å². The van der Waals surface area contributed by atoms with Gasteiger partial charge in [-0.2, -0.15) is 5.26 Å². The summed E-state index contributed by atoms with van der Waals surface area (Å²) in [4.78, 5) is 23.5. The molecular formula is C24H30N6O5S. The summed E-state index contributed by atoms with van der Waals surface area (Å²) in [6, 6.07) is 10.3. The number of morpholine rings is 1. The number of benzene rings is 1. The fourth-order valence-electron chi connectivity index (χ4n) is 4.28. The maximum Gasteiger partial charge on any atom is 0.319 e. The van der Waals surface area contributed by atoms with Gasteiger partial charge in [0.1, 0.15) is 10.6 Å². The molecule has 1 saturated heterocycles. The van der Waals surface area contributed by atoms with Crippen LogP contribution < -0.4 is 15.5 Å². The van der Waals surface area contributed by atoms with Crippen molar-refractivity contribution < 1.29 is 23.1 Å². The van der Waals surface area contributed by atoms with E-state index in [0.717, 1.165) is 0 Å². The number of anilines is 2. The number of ether oxygens (including phenoxy) is 1. The van der Waals surface area contributed by atoms with Crippen LogP contribution in [-0.4, -0.2) is 74.2 Å². The Kier molecular flexibility index (Phi) is 7.73. The second-order valence-electron chi connectivity index (χ2n) is 8.96. The largest absolute Gasteiger partial charge is 0.395 e. The van der Waals surface area contributed by atoms with Crippen molar-refractivity contribution in [1.29, 1.82) is 5.26 Å². The minimum atomic E-state index is -3.60. The third-order valence-electron chi connectivity index (χ3n) is 6.42. The smallest absolute Gasteiger partial charge is 0.319 e. The van der Waals surface area contributed by atoms with Crippen LogP contribution in [0.3, 0.4) is 0 Å². The molecule has 192 valence electrons. The van der Waals surface area contributed by atoms with E-state index in [1.807, 2.05) is 13.0 Å². The SMILES string of the molecule is C[C@H]1COCCN1c1cc(C2(S(=O)(=O)CCO)CC2)nc(-c2ccc(NC(=O)NCCC#N)cc2)n1. The molecule has 1 saturated carbocycles. The highest BCUT2D eigenvalue weighted by Crippen LogP contribution is 2.53. The number of aliphatic hydroxyl groups is 1. The molecule has 1 aromatic carbocycles. The first-order valence-corrected chi connectivity index (χ1v) is 13.5. The number of sulfone groups is 1. The number of carbonyl (C=O) groups excluding carboxylic acids is 1. The molecule has 2 fully saturated rings. The van der Waals surface area contributed by atoms with Gasteiger partial charge in [0.25, 0.3) is 0 Å². The van der Waals surface area contributed by atoms with E-state index in [0.29, 0.717) is 61.2 Å². The summed E-state index contributed by atoms with van der Waals surface area (Å²) >= 11 is 0. The van der Waals surface area contributed by atoms with E-state index in [1.54, 1.807) is 30.3 Å². The van der Waals surface area contributed by atoms with Gasteiger partial charge in [-0.15, -0.1) is 0 Å². The normalized spacial score (nSPS) is 18.8. The average molecular weight is 515 g/mol. The summed E-state index contributed by atoms with van der Waals surface area (Å²) in [5, 5.41) is 23.2. The Balaban J connectivity index is 1.66. The summed E-state index contributed by atoms with van der Waals surface area (Å²) in [6.45, 7) is 3.55. The number of aliphatic hydroxyl groups excluding tert-OH is 1. The van der Waals surface area contributed by atoms with Crippen molar-refractivity contribution in [1.82, 2.24) is 15.3 Å². The lowest BCUT2D eigenvalue weighted by Gasteiger charge is -2.34. The van der Waals surface area contributed by atoms with Gasteiger partial charge in [0.2, 0.25) is 0 Å². The lowest BCUT2D eigenvalue weighted by atomic mass is 10.1. The highest BCUT2D eigenvalue weighted by Gasteiger charge is 2.57. The Hall–Kier alpha value is -3.27. The number of carbonyl (C=O) groups is 1. The van der Waals surface area contributed by atoms with Crippen LogP contribution in [-0.2, 0) is 19.3 Å². The van der Waals surface area contributed by atoms with Crippen LogP contribution in [0, 0.1) is 11.3 Å². The van der Waals surface area contributed by atoms with Crippen molar-refractivity contribution in [2.45, 2.75) is 37.0 Å². The molecular weight excluding hydrogens is 484 g/mol. The lowest BCUT2D eigenvalue weighted by molar-refractivity contribution is 0.0985. The van der Waals surface area contributed by atoms with E-state index in [-0.39, 0.29) is 24.8 Å². The molecule has 0 bridgehead atoms. The summed E-state index contributed by atoms with van der Waals surface area (Å²) in [6.07, 6.45) is 1.13. The first-order valence-electron chi connectivity index (χ1n) is 11.9. The molecule has 3 N–H and O–H groups in total. The monoisotopic (exact) mass is 514 g/mol. The van der Waals surface area contributed by atoms with Gasteiger partial charge >= 0.3 is 6.03 Å². The van der Waals surface area contributed by atoms with E-state index in [4.69, 9.17) is 15.0 Å². The van der Waals surface area contributed by atoms with E-state index < -0.39 is 27.2 Å². The summed E-state index contributed by atoms with van der Waals surface area (Å²) in [7, 11) is -3.60. The number of hydrogen-bond donors (Lipinski definition) is 3. The minimum absolute atomic E-state index is 0.0599. The maximum atomic E-state index is 13.0. The van der Waals surface area contributed by atoms with Crippen LogP contribution in [0.4, 0.5) is 16.3 Å². The number of nitriles is 1. The number of urea groups is 1. The molecule has 11 nitrogen and oxygen atoms in total. The fraction of sp³-hybridized carbons (Fsp3) is 0.500. The van der Waals surface area contributed by atoms with Crippen LogP contribution in [0.15, 0.2) is 30.3 Å². The molecule has 1 atom stereocenters. The second kappa shape index (κ2) is 10.8. The Morgan fingerprint density at radius 3 is 2.69 bits per heavy atom. The first kappa shape index (κ1) is 25.8. The quantitative estimate of drug-likeness (QED) is 0.424. The molecule has 1 aromatic heterocycles. The number of hydrogen-bond acceptors (Lipinski definition) is 9. The third-order valence-corrected chi connectivity index (χ3v) is 8.95. The lowest BCUT2D eigenvalue weighted by Crippen LogP contribution is -2.44. The Labute approximate surface area is 210 Å². The topological polar surface area (TPSA) is 158 Å². The Morgan fingerprint density at radius 2 is 2.06 bits per heavy atom.